The molecule has 1 aromatic heterocycles. The van der Waals surface area contributed by atoms with Crippen LogP contribution in [0.25, 0.3) is 5.69 Å². The second-order valence-corrected chi connectivity index (χ2v) is 7.82. The van der Waals surface area contributed by atoms with Crippen LogP contribution in [0.15, 0.2) is 59.7 Å². The van der Waals surface area contributed by atoms with E-state index in [-0.39, 0.29) is 18.0 Å². The molecule has 172 valence electrons. The predicted molar refractivity (Wildman–Crippen MR) is 128 cm³/mol. The number of amides is 1. The molecule has 0 atom stereocenters. The van der Waals surface area contributed by atoms with Gasteiger partial charge in [-0.25, -0.2) is 10.2 Å². The van der Waals surface area contributed by atoms with Crippen molar-refractivity contribution in [3.63, 3.8) is 0 Å². The number of hydrazone groups is 1. The molecule has 3 aromatic rings. The number of aromatic nitrogens is 1. The lowest BCUT2D eigenvalue weighted by molar-refractivity contribution is 0.0378. The molecule has 7 nitrogen and oxygen atoms in total. The van der Waals surface area contributed by atoms with E-state index in [9.17, 15) is 9.59 Å². The number of hydrogen-bond donors (Lipinski definition) is 1. The van der Waals surface area contributed by atoms with Gasteiger partial charge in [0.05, 0.1) is 24.5 Å². The highest BCUT2D eigenvalue weighted by molar-refractivity contribution is 5.95. The topological polar surface area (TPSA) is 81.9 Å². The van der Waals surface area contributed by atoms with Crippen LogP contribution in [0.4, 0.5) is 0 Å². The van der Waals surface area contributed by atoms with E-state index < -0.39 is 0 Å². The normalized spacial score (nSPS) is 11.1. The molecular formula is C26H29N3O4. The lowest BCUT2D eigenvalue weighted by Crippen LogP contribution is -2.17. The van der Waals surface area contributed by atoms with Crippen LogP contribution >= 0.6 is 0 Å². The number of ether oxygens (including phenoxy) is 2. The van der Waals surface area contributed by atoms with Gasteiger partial charge in [-0.3, -0.25) is 4.79 Å². The maximum Gasteiger partial charge on any atom is 0.338 e. The third-order valence-electron chi connectivity index (χ3n) is 4.97. The molecule has 0 fully saturated rings. The second kappa shape index (κ2) is 10.6. The van der Waals surface area contributed by atoms with Crippen molar-refractivity contribution in [1.82, 2.24) is 9.99 Å². The SMILES string of the molecule is CCOc1ccc(C(=O)N/N=C/c2cc(C)n(-c3ccc(C(=O)OC(C)C)cc3)c2C)cc1. The van der Waals surface area contributed by atoms with Crippen molar-refractivity contribution in [1.29, 1.82) is 0 Å². The van der Waals surface area contributed by atoms with Gasteiger partial charge in [0.2, 0.25) is 0 Å². The molecule has 3 rings (SSSR count). The van der Waals surface area contributed by atoms with Crippen molar-refractivity contribution in [3.05, 3.63) is 82.7 Å². The van der Waals surface area contributed by atoms with E-state index in [4.69, 9.17) is 9.47 Å². The zero-order valence-electron chi connectivity index (χ0n) is 19.6. The first-order valence-electron chi connectivity index (χ1n) is 10.9. The molecule has 1 amide bonds. The van der Waals surface area contributed by atoms with Gasteiger partial charge in [0.1, 0.15) is 5.75 Å². The van der Waals surface area contributed by atoms with E-state index >= 15 is 0 Å². The average molecular weight is 448 g/mol. The van der Waals surface area contributed by atoms with Crippen LogP contribution in [-0.2, 0) is 4.74 Å². The zero-order chi connectivity index (χ0) is 24.0. The summed E-state index contributed by atoms with van der Waals surface area (Å²) in [6.45, 7) is 10.1. The van der Waals surface area contributed by atoms with Crippen LogP contribution in [-0.4, -0.2) is 35.4 Å². The van der Waals surface area contributed by atoms with Gasteiger partial charge in [0.15, 0.2) is 0 Å². The van der Waals surface area contributed by atoms with E-state index in [0.717, 1.165) is 28.4 Å². The van der Waals surface area contributed by atoms with Crippen LogP contribution in [0, 0.1) is 13.8 Å². The van der Waals surface area contributed by atoms with Crippen LogP contribution in [0.1, 0.15) is 58.4 Å². The van der Waals surface area contributed by atoms with Crippen molar-refractivity contribution in [2.75, 3.05) is 6.61 Å². The Hall–Kier alpha value is -3.87. The van der Waals surface area contributed by atoms with E-state index in [1.807, 2.05) is 52.8 Å². The number of carbonyl (C=O) groups is 2. The molecule has 33 heavy (non-hydrogen) atoms. The molecule has 0 bridgehead atoms. The van der Waals surface area contributed by atoms with Gasteiger partial charge in [-0.2, -0.15) is 5.10 Å². The van der Waals surface area contributed by atoms with Crippen LogP contribution in [0.5, 0.6) is 5.75 Å². The smallest absolute Gasteiger partial charge is 0.338 e. The maximum atomic E-state index is 12.3. The largest absolute Gasteiger partial charge is 0.494 e. The van der Waals surface area contributed by atoms with E-state index in [2.05, 4.69) is 15.1 Å². The van der Waals surface area contributed by atoms with Gasteiger partial charge in [-0.15, -0.1) is 0 Å². The number of hydrogen-bond acceptors (Lipinski definition) is 5. The van der Waals surface area contributed by atoms with Gasteiger partial charge < -0.3 is 14.0 Å². The first-order valence-corrected chi connectivity index (χ1v) is 10.9. The first-order chi connectivity index (χ1) is 15.8. The summed E-state index contributed by atoms with van der Waals surface area (Å²) < 4.78 is 12.7. The molecule has 2 aromatic carbocycles. The fourth-order valence-electron chi connectivity index (χ4n) is 3.44. The Kier molecular flexibility index (Phi) is 7.66. The number of esters is 1. The lowest BCUT2D eigenvalue weighted by Gasteiger charge is -2.11. The monoisotopic (exact) mass is 447 g/mol. The highest BCUT2D eigenvalue weighted by Crippen LogP contribution is 2.20. The quantitative estimate of drug-likeness (QED) is 0.305. The first kappa shape index (κ1) is 23.8. The summed E-state index contributed by atoms with van der Waals surface area (Å²) in [6.07, 6.45) is 1.46. The van der Waals surface area contributed by atoms with Crippen molar-refractivity contribution in [3.8, 4) is 11.4 Å². The van der Waals surface area contributed by atoms with Crippen molar-refractivity contribution >= 4 is 18.1 Å². The number of rotatable bonds is 8. The fourth-order valence-corrected chi connectivity index (χ4v) is 3.44. The minimum absolute atomic E-state index is 0.164. The highest BCUT2D eigenvalue weighted by Gasteiger charge is 2.13. The van der Waals surface area contributed by atoms with Crippen LogP contribution < -0.4 is 10.2 Å². The Balaban J connectivity index is 1.70. The van der Waals surface area contributed by atoms with Crippen molar-refractivity contribution in [2.45, 2.75) is 40.7 Å². The maximum absolute atomic E-state index is 12.3. The number of benzene rings is 2. The Morgan fingerprint density at radius 2 is 1.67 bits per heavy atom. The molecule has 1 N–H and O–H groups in total. The van der Waals surface area contributed by atoms with E-state index in [0.29, 0.717) is 17.7 Å². The summed E-state index contributed by atoms with van der Waals surface area (Å²) in [5.41, 5.74) is 7.33. The fraction of sp³-hybridized carbons (Fsp3) is 0.269. The Morgan fingerprint density at radius 1 is 1.03 bits per heavy atom. The molecule has 0 unspecified atom stereocenters. The molecule has 1 heterocycles. The molecule has 0 radical (unpaired) electrons. The summed E-state index contributed by atoms with van der Waals surface area (Å²) >= 11 is 0. The molecule has 7 heteroatoms. The molecule has 0 saturated heterocycles. The Morgan fingerprint density at radius 3 is 2.27 bits per heavy atom. The molecule has 0 spiro atoms. The number of nitrogens with one attached hydrogen (secondary N) is 1. The zero-order valence-corrected chi connectivity index (χ0v) is 19.6. The Bertz CT molecular complexity index is 1140. The van der Waals surface area contributed by atoms with Crippen LogP contribution in [0.2, 0.25) is 0 Å². The van der Waals surface area contributed by atoms with E-state index in [1.54, 1.807) is 42.6 Å². The van der Waals surface area contributed by atoms with Crippen molar-refractivity contribution in [2.24, 2.45) is 5.10 Å². The lowest BCUT2D eigenvalue weighted by atomic mass is 10.2. The molecular weight excluding hydrogens is 418 g/mol. The summed E-state index contributed by atoms with van der Waals surface area (Å²) in [5.74, 6) is 0.0791. The minimum Gasteiger partial charge on any atom is -0.494 e. The summed E-state index contributed by atoms with van der Waals surface area (Å²) in [6, 6.07) is 16.2. The number of aryl methyl sites for hydroxylation is 1. The second-order valence-electron chi connectivity index (χ2n) is 7.82. The third kappa shape index (κ3) is 5.88. The number of carbonyl (C=O) groups excluding carboxylic acids is 2. The predicted octanol–water partition coefficient (Wildman–Crippen LogP) is 4.82. The highest BCUT2D eigenvalue weighted by atomic mass is 16.5. The Labute approximate surface area is 194 Å². The third-order valence-corrected chi connectivity index (χ3v) is 4.97. The van der Waals surface area contributed by atoms with Gasteiger partial charge >= 0.3 is 5.97 Å². The van der Waals surface area contributed by atoms with Gasteiger partial charge in [0.25, 0.3) is 5.91 Å². The minimum atomic E-state index is -0.339. The van der Waals surface area contributed by atoms with Crippen molar-refractivity contribution < 1.29 is 19.1 Å². The molecule has 0 aliphatic carbocycles. The standard InChI is InChI=1S/C26H29N3O4/c1-6-32-24-13-9-20(10-14-24)25(30)28-27-16-22-15-18(4)29(19(22)5)23-11-7-21(8-12-23)26(31)33-17(2)3/h7-17H,6H2,1-5H3,(H,28,30)/b27-16+. The van der Waals surface area contributed by atoms with Gasteiger partial charge in [-0.05, 0) is 89.2 Å². The van der Waals surface area contributed by atoms with Gasteiger partial charge in [0, 0.05) is 28.2 Å². The number of nitrogens with zero attached hydrogens (tertiary/aromatic N) is 2. The summed E-state index contributed by atoms with van der Waals surface area (Å²) in [5, 5.41) is 4.12. The van der Waals surface area contributed by atoms with Crippen LogP contribution in [0.3, 0.4) is 0 Å². The summed E-state index contributed by atoms with van der Waals surface area (Å²) in [7, 11) is 0. The average Bonchev–Trinajstić information content (AvgIpc) is 3.07. The summed E-state index contributed by atoms with van der Waals surface area (Å²) in [4.78, 5) is 24.4. The molecule has 0 aliphatic rings. The van der Waals surface area contributed by atoms with Gasteiger partial charge in [-0.1, -0.05) is 0 Å². The molecule has 0 aliphatic heterocycles. The van der Waals surface area contributed by atoms with E-state index in [1.165, 1.54) is 0 Å². The molecule has 0 saturated carbocycles.